The Kier molecular flexibility index (Phi) is 5.76. The molecule has 0 bridgehead atoms. The second-order valence-corrected chi connectivity index (χ2v) is 7.02. The fourth-order valence-electron chi connectivity index (χ4n) is 3.15. The number of benzene rings is 1. The molecule has 0 radical (unpaired) electrons. The molecule has 0 aliphatic carbocycles. The number of primary amides is 1. The predicted octanol–water partition coefficient (Wildman–Crippen LogP) is 0.954. The minimum atomic E-state index is -4.50. The number of hydrogen-bond acceptors (Lipinski definition) is 5. The van der Waals surface area contributed by atoms with Gasteiger partial charge in [0.2, 0.25) is 11.8 Å². The number of nitrogens with two attached hydrogens (primary N) is 1. The van der Waals surface area contributed by atoms with E-state index in [0.29, 0.717) is 10.6 Å². The lowest BCUT2D eigenvalue weighted by atomic mass is 10.0. The van der Waals surface area contributed by atoms with Crippen molar-refractivity contribution in [2.45, 2.75) is 25.6 Å². The third-order valence-corrected chi connectivity index (χ3v) is 4.72. The molecule has 3 amide bonds. The lowest BCUT2D eigenvalue weighted by Crippen LogP contribution is -2.37. The summed E-state index contributed by atoms with van der Waals surface area (Å²) in [7, 11) is 0. The highest BCUT2D eigenvalue weighted by molar-refractivity contribution is 5.90. The zero-order valence-corrected chi connectivity index (χ0v) is 15.9. The third kappa shape index (κ3) is 4.93. The number of aromatic nitrogens is 3. The van der Waals surface area contributed by atoms with Gasteiger partial charge in [0, 0.05) is 13.0 Å². The molecule has 2 aromatic rings. The van der Waals surface area contributed by atoms with Crippen molar-refractivity contribution in [3.8, 4) is 5.69 Å². The highest BCUT2D eigenvalue weighted by atomic mass is 19.4. The van der Waals surface area contributed by atoms with Crippen LogP contribution in [0.2, 0.25) is 0 Å². The number of carbonyl (C=O) groups excluding carboxylic acids is 3. The first-order valence-corrected chi connectivity index (χ1v) is 9.01. The molecular formula is C18H19F3N6O3. The van der Waals surface area contributed by atoms with E-state index in [9.17, 15) is 27.6 Å². The number of nitrogens with zero attached hydrogens (tertiary/aromatic N) is 4. The Labute approximate surface area is 169 Å². The van der Waals surface area contributed by atoms with Crippen molar-refractivity contribution in [1.29, 1.82) is 0 Å². The van der Waals surface area contributed by atoms with Gasteiger partial charge in [-0.25, -0.2) is 4.68 Å². The van der Waals surface area contributed by atoms with Crippen LogP contribution in [0.3, 0.4) is 0 Å². The average Bonchev–Trinajstić information content (AvgIpc) is 3.28. The molecule has 2 unspecified atom stereocenters. The van der Waals surface area contributed by atoms with Crippen LogP contribution in [0.1, 0.15) is 35.4 Å². The first-order valence-electron chi connectivity index (χ1n) is 9.01. The van der Waals surface area contributed by atoms with E-state index in [1.54, 1.807) is 31.2 Å². The van der Waals surface area contributed by atoms with Crippen molar-refractivity contribution in [3.05, 3.63) is 41.7 Å². The number of rotatable bonds is 6. The van der Waals surface area contributed by atoms with Crippen LogP contribution in [0.25, 0.3) is 5.69 Å². The maximum Gasteiger partial charge on any atom is 0.406 e. The lowest BCUT2D eigenvalue weighted by molar-refractivity contribution is -0.157. The van der Waals surface area contributed by atoms with Gasteiger partial charge >= 0.3 is 6.18 Å². The number of halogens is 3. The van der Waals surface area contributed by atoms with Crippen LogP contribution in [0.15, 0.2) is 30.5 Å². The number of alkyl halides is 3. The van der Waals surface area contributed by atoms with Gasteiger partial charge in [0.25, 0.3) is 5.91 Å². The van der Waals surface area contributed by atoms with Crippen LogP contribution < -0.4 is 11.1 Å². The first kappa shape index (κ1) is 21.3. The zero-order chi connectivity index (χ0) is 22.1. The van der Waals surface area contributed by atoms with Gasteiger partial charge in [-0.3, -0.25) is 14.4 Å². The van der Waals surface area contributed by atoms with Crippen molar-refractivity contribution in [3.63, 3.8) is 0 Å². The van der Waals surface area contributed by atoms with Crippen LogP contribution >= 0.6 is 0 Å². The summed E-state index contributed by atoms with van der Waals surface area (Å²) in [6.07, 6.45) is -3.37. The molecule has 2 heterocycles. The van der Waals surface area contributed by atoms with Gasteiger partial charge in [-0.05, 0) is 24.6 Å². The van der Waals surface area contributed by atoms with Crippen LogP contribution in [0, 0.1) is 5.92 Å². The van der Waals surface area contributed by atoms with Gasteiger partial charge in [-0.15, -0.1) is 5.10 Å². The number of carbonyl (C=O) groups is 3. The van der Waals surface area contributed by atoms with Crippen LogP contribution in [0.5, 0.6) is 0 Å². The summed E-state index contributed by atoms with van der Waals surface area (Å²) in [6.45, 7) is 0.106. The predicted molar refractivity (Wildman–Crippen MR) is 97.2 cm³/mol. The Balaban J connectivity index is 1.60. The molecule has 0 spiro atoms. The van der Waals surface area contributed by atoms with E-state index >= 15 is 0 Å². The fourth-order valence-corrected chi connectivity index (χ4v) is 3.15. The smallest absolute Gasteiger partial charge is 0.364 e. The lowest BCUT2D eigenvalue weighted by Gasteiger charge is -2.19. The molecule has 1 fully saturated rings. The van der Waals surface area contributed by atoms with Crippen molar-refractivity contribution < 1.29 is 27.6 Å². The van der Waals surface area contributed by atoms with Gasteiger partial charge in [0.15, 0.2) is 5.69 Å². The molecule has 2 atom stereocenters. The second kappa shape index (κ2) is 8.13. The molecule has 12 heteroatoms. The summed E-state index contributed by atoms with van der Waals surface area (Å²) in [4.78, 5) is 35.9. The molecule has 30 heavy (non-hydrogen) atoms. The van der Waals surface area contributed by atoms with E-state index in [-0.39, 0.29) is 18.7 Å². The van der Waals surface area contributed by atoms with Gasteiger partial charge in [-0.2, -0.15) is 13.2 Å². The summed E-state index contributed by atoms with van der Waals surface area (Å²) in [5.41, 5.74) is 6.51. The maximum atomic E-state index is 12.5. The van der Waals surface area contributed by atoms with Crippen LogP contribution in [0.4, 0.5) is 13.2 Å². The molecular weight excluding hydrogens is 405 g/mol. The molecule has 1 aromatic heterocycles. The van der Waals surface area contributed by atoms with Crippen molar-refractivity contribution >= 4 is 17.7 Å². The Hall–Kier alpha value is -3.44. The highest BCUT2D eigenvalue weighted by Gasteiger charge is 2.40. The van der Waals surface area contributed by atoms with Gasteiger partial charge in [0.05, 0.1) is 23.8 Å². The maximum absolute atomic E-state index is 12.5. The summed E-state index contributed by atoms with van der Waals surface area (Å²) in [5, 5.41) is 10.2. The van der Waals surface area contributed by atoms with Crippen LogP contribution in [-0.2, 0) is 9.59 Å². The SMILES string of the molecule is CC(NC(=O)C1CC(=O)N(CC(F)(F)F)C1)c1ccc(-n2cc(C(N)=O)nn2)cc1. The van der Waals surface area contributed by atoms with Gasteiger partial charge in [-0.1, -0.05) is 17.3 Å². The number of likely N-dealkylation sites (tertiary alicyclic amines) is 1. The topological polar surface area (TPSA) is 123 Å². The Bertz CT molecular complexity index is 957. The van der Waals surface area contributed by atoms with E-state index in [0.717, 1.165) is 5.56 Å². The largest absolute Gasteiger partial charge is 0.406 e. The summed E-state index contributed by atoms with van der Waals surface area (Å²) in [5.74, 6) is -2.70. The average molecular weight is 424 g/mol. The summed E-state index contributed by atoms with van der Waals surface area (Å²) < 4.78 is 38.9. The fraction of sp³-hybridized carbons (Fsp3) is 0.389. The van der Waals surface area contributed by atoms with Crippen molar-refractivity contribution in [2.24, 2.45) is 11.7 Å². The Morgan fingerprint density at radius 2 is 1.97 bits per heavy atom. The van der Waals surface area contributed by atoms with E-state index in [1.807, 2.05) is 0 Å². The Morgan fingerprint density at radius 1 is 1.30 bits per heavy atom. The first-order chi connectivity index (χ1) is 14.0. The summed E-state index contributed by atoms with van der Waals surface area (Å²) >= 11 is 0. The van der Waals surface area contributed by atoms with E-state index in [4.69, 9.17) is 5.73 Å². The molecule has 1 aliphatic rings. The minimum Gasteiger partial charge on any atom is -0.364 e. The third-order valence-electron chi connectivity index (χ3n) is 4.72. The molecule has 1 aromatic carbocycles. The normalized spacial score (nSPS) is 17.8. The molecule has 9 nitrogen and oxygen atoms in total. The van der Waals surface area contributed by atoms with Crippen LogP contribution in [-0.4, -0.2) is 56.9 Å². The minimum absolute atomic E-state index is 0.0189. The quantitative estimate of drug-likeness (QED) is 0.715. The monoisotopic (exact) mass is 424 g/mol. The van der Waals surface area contributed by atoms with E-state index in [2.05, 4.69) is 15.6 Å². The zero-order valence-electron chi connectivity index (χ0n) is 15.9. The molecule has 160 valence electrons. The molecule has 1 saturated heterocycles. The molecule has 1 aliphatic heterocycles. The van der Waals surface area contributed by atoms with E-state index < -0.39 is 42.4 Å². The molecule has 3 N–H and O–H groups in total. The van der Waals surface area contributed by atoms with Gasteiger partial charge < -0.3 is 16.0 Å². The van der Waals surface area contributed by atoms with Gasteiger partial charge in [0.1, 0.15) is 6.54 Å². The number of hydrogen-bond donors (Lipinski definition) is 2. The molecule has 0 saturated carbocycles. The van der Waals surface area contributed by atoms with Crippen molar-refractivity contribution in [2.75, 3.05) is 13.1 Å². The van der Waals surface area contributed by atoms with E-state index in [1.165, 1.54) is 10.9 Å². The number of nitrogens with one attached hydrogen (secondary N) is 1. The summed E-state index contributed by atoms with van der Waals surface area (Å²) in [6, 6.07) is 6.40. The standard InChI is InChI=1S/C18H19F3N6O3/c1-10(23-17(30)12-6-15(28)26(7-12)9-18(19,20)21)11-2-4-13(5-3-11)27-8-14(16(22)29)24-25-27/h2-5,8,10,12H,6-7,9H2,1H3,(H2,22,29)(H,23,30). The Morgan fingerprint density at radius 3 is 2.53 bits per heavy atom. The molecule has 3 rings (SSSR count). The van der Waals surface area contributed by atoms with Crippen molar-refractivity contribution in [1.82, 2.24) is 25.2 Å². The highest BCUT2D eigenvalue weighted by Crippen LogP contribution is 2.25. The number of amides is 3. The second-order valence-electron chi connectivity index (χ2n) is 7.02.